The zero-order valence-electron chi connectivity index (χ0n) is 7.89. The molecule has 64 valence electrons. The van der Waals surface area contributed by atoms with E-state index in [0.29, 0.717) is 12.1 Å². The van der Waals surface area contributed by atoms with E-state index in [2.05, 4.69) is 19.9 Å². The third-order valence-corrected chi connectivity index (χ3v) is 2.25. The van der Waals surface area contributed by atoms with E-state index in [1.54, 1.807) is 6.08 Å². The third kappa shape index (κ3) is 1.79. The summed E-state index contributed by atoms with van der Waals surface area (Å²) in [6.45, 7) is 6.02. The third-order valence-electron chi connectivity index (χ3n) is 2.25. The summed E-state index contributed by atoms with van der Waals surface area (Å²) in [6, 6.07) is 2.23. The SMILES string of the molecule is CC1(C#N)C=C([N])CC(C)(C)C1. The lowest BCUT2D eigenvalue weighted by atomic mass is 9.68. The summed E-state index contributed by atoms with van der Waals surface area (Å²) in [6.07, 6.45) is 3.18. The van der Waals surface area contributed by atoms with Crippen molar-refractivity contribution in [2.75, 3.05) is 0 Å². The Labute approximate surface area is 74.1 Å². The molecule has 0 spiro atoms. The summed E-state index contributed by atoms with van der Waals surface area (Å²) < 4.78 is 0. The van der Waals surface area contributed by atoms with Crippen molar-refractivity contribution in [3.05, 3.63) is 11.8 Å². The summed E-state index contributed by atoms with van der Waals surface area (Å²) in [5, 5.41) is 8.89. The van der Waals surface area contributed by atoms with Crippen molar-refractivity contribution < 1.29 is 0 Å². The van der Waals surface area contributed by atoms with Gasteiger partial charge < -0.3 is 0 Å². The van der Waals surface area contributed by atoms with Gasteiger partial charge in [0.25, 0.3) is 0 Å². The minimum atomic E-state index is -0.480. The molecule has 2 radical (unpaired) electrons. The topological polar surface area (TPSA) is 46.1 Å². The van der Waals surface area contributed by atoms with Gasteiger partial charge in [0.2, 0.25) is 0 Å². The van der Waals surface area contributed by atoms with E-state index in [9.17, 15) is 5.73 Å². The van der Waals surface area contributed by atoms with Crippen LogP contribution in [-0.4, -0.2) is 0 Å². The summed E-state index contributed by atoms with van der Waals surface area (Å²) in [7, 11) is 0. The molecule has 0 bridgehead atoms. The van der Waals surface area contributed by atoms with Crippen LogP contribution in [0.5, 0.6) is 0 Å². The van der Waals surface area contributed by atoms with Gasteiger partial charge in [-0.3, -0.25) is 0 Å². The molecule has 0 heterocycles. The first kappa shape index (κ1) is 9.12. The molecule has 1 rings (SSSR count). The van der Waals surface area contributed by atoms with Crippen LogP contribution in [0.1, 0.15) is 33.6 Å². The summed E-state index contributed by atoms with van der Waals surface area (Å²) in [5.41, 5.74) is 9.34. The fourth-order valence-corrected chi connectivity index (χ4v) is 2.09. The van der Waals surface area contributed by atoms with Gasteiger partial charge in [0.1, 0.15) is 0 Å². The van der Waals surface area contributed by atoms with Crippen molar-refractivity contribution in [1.82, 2.24) is 5.73 Å². The van der Waals surface area contributed by atoms with E-state index in [0.717, 1.165) is 6.42 Å². The second-order valence-corrected chi connectivity index (χ2v) is 4.68. The Kier molecular flexibility index (Phi) is 1.91. The maximum atomic E-state index is 9.42. The normalized spacial score (nSPS) is 33.7. The Morgan fingerprint density at radius 3 is 2.42 bits per heavy atom. The maximum Gasteiger partial charge on any atom is 0.0751 e. The molecular formula is C10H14N2. The van der Waals surface area contributed by atoms with Crippen molar-refractivity contribution >= 4 is 0 Å². The molecule has 0 saturated carbocycles. The number of nitrogens with zero attached hydrogens (tertiary/aromatic N) is 2. The highest BCUT2D eigenvalue weighted by molar-refractivity contribution is 5.20. The van der Waals surface area contributed by atoms with E-state index >= 15 is 0 Å². The van der Waals surface area contributed by atoms with Crippen molar-refractivity contribution in [2.45, 2.75) is 33.6 Å². The number of allylic oxidation sites excluding steroid dienone is 2. The molecule has 2 heteroatoms. The van der Waals surface area contributed by atoms with Crippen LogP contribution in [0, 0.1) is 22.2 Å². The molecule has 1 aliphatic rings. The molecule has 0 aromatic rings. The Morgan fingerprint density at radius 1 is 1.42 bits per heavy atom. The molecular weight excluding hydrogens is 148 g/mol. The van der Waals surface area contributed by atoms with Crippen LogP contribution in [0.25, 0.3) is 0 Å². The molecule has 12 heavy (non-hydrogen) atoms. The Morgan fingerprint density at radius 2 is 2.00 bits per heavy atom. The molecule has 0 aliphatic heterocycles. The molecule has 0 aromatic carbocycles. The van der Waals surface area contributed by atoms with Crippen LogP contribution in [-0.2, 0) is 0 Å². The summed E-state index contributed by atoms with van der Waals surface area (Å²) in [5.74, 6) is 0. The van der Waals surface area contributed by atoms with Gasteiger partial charge in [-0.2, -0.15) is 11.0 Å². The van der Waals surface area contributed by atoms with Gasteiger partial charge in [-0.1, -0.05) is 13.8 Å². The zero-order valence-corrected chi connectivity index (χ0v) is 7.89. The second kappa shape index (κ2) is 2.52. The van der Waals surface area contributed by atoms with Gasteiger partial charge in [-0.25, -0.2) is 0 Å². The van der Waals surface area contributed by atoms with Crippen LogP contribution < -0.4 is 5.73 Å². The molecule has 1 atom stereocenters. The first-order valence-corrected chi connectivity index (χ1v) is 4.19. The number of nitriles is 1. The molecule has 0 aromatic heterocycles. The van der Waals surface area contributed by atoms with Crippen molar-refractivity contribution in [1.29, 1.82) is 5.26 Å². The summed E-state index contributed by atoms with van der Waals surface area (Å²) >= 11 is 0. The molecule has 0 saturated heterocycles. The first-order chi connectivity index (χ1) is 5.37. The first-order valence-electron chi connectivity index (χ1n) is 4.19. The van der Waals surface area contributed by atoms with Gasteiger partial charge in [-0.05, 0) is 31.3 Å². The average molecular weight is 162 g/mol. The predicted octanol–water partition coefficient (Wildman–Crippen LogP) is 2.29. The van der Waals surface area contributed by atoms with E-state index in [1.165, 1.54) is 0 Å². The molecule has 0 fully saturated rings. The van der Waals surface area contributed by atoms with Crippen LogP contribution in [0.15, 0.2) is 11.8 Å². The quantitative estimate of drug-likeness (QED) is 0.539. The fraction of sp³-hybridized carbons (Fsp3) is 0.700. The van der Waals surface area contributed by atoms with Crippen molar-refractivity contribution in [3.63, 3.8) is 0 Å². The lowest BCUT2D eigenvalue weighted by Crippen LogP contribution is -2.28. The van der Waals surface area contributed by atoms with Gasteiger partial charge in [0, 0.05) is 0 Å². The average Bonchev–Trinajstić information content (AvgIpc) is 1.82. The van der Waals surface area contributed by atoms with Crippen LogP contribution in [0.2, 0.25) is 0 Å². The van der Waals surface area contributed by atoms with Crippen molar-refractivity contribution in [3.8, 4) is 6.07 Å². The van der Waals surface area contributed by atoms with Gasteiger partial charge >= 0.3 is 0 Å². The second-order valence-electron chi connectivity index (χ2n) is 4.68. The summed E-state index contributed by atoms with van der Waals surface area (Å²) in [4.78, 5) is 0. The van der Waals surface area contributed by atoms with E-state index in [4.69, 9.17) is 5.26 Å². The lowest BCUT2D eigenvalue weighted by molar-refractivity contribution is 0.239. The van der Waals surface area contributed by atoms with E-state index in [-0.39, 0.29) is 5.41 Å². The predicted molar refractivity (Wildman–Crippen MR) is 47.0 cm³/mol. The minimum absolute atomic E-state index is 0.0450. The monoisotopic (exact) mass is 162 g/mol. The smallest absolute Gasteiger partial charge is 0.0751 e. The largest absolute Gasteiger partial charge is 0.197 e. The Hall–Kier alpha value is -0.970. The molecule has 0 amide bonds. The Balaban J connectivity index is 2.98. The number of rotatable bonds is 0. The molecule has 1 unspecified atom stereocenters. The minimum Gasteiger partial charge on any atom is -0.197 e. The van der Waals surface area contributed by atoms with Gasteiger partial charge in [0.15, 0.2) is 0 Å². The lowest BCUT2D eigenvalue weighted by Gasteiger charge is -2.35. The van der Waals surface area contributed by atoms with Crippen LogP contribution >= 0.6 is 0 Å². The molecule has 2 nitrogen and oxygen atoms in total. The maximum absolute atomic E-state index is 9.42. The number of hydrogen-bond acceptors (Lipinski definition) is 1. The highest BCUT2D eigenvalue weighted by atomic mass is 14.6. The van der Waals surface area contributed by atoms with Gasteiger partial charge in [0.05, 0.1) is 17.2 Å². The fourth-order valence-electron chi connectivity index (χ4n) is 2.09. The van der Waals surface area contributed by atoms with Gasteiger partial charge in [-0.15, -0.1) is 0 Å². The standard InChI is InChI=1S/C10H14N2/c1-9(2)4-8(12)5-10(3,6-9)7-11/h5H,4,6H2,1-3H3. The molecule has 1 aliphatic carbocycles. The van der Waals surface area contributed by atoms with Crippen LogP contribution in [0.3, 0.4) is 0 Å². The highest BCUT2D eigenvalue weighted by Gasteiger charge is 2.36. The Bertz CT molecular complexity index is 258. The molecule has 0 N–H and O–H groups in total. The number of hydrogen-bond donors (Lipinski definition) is 0. The van der Waals surface area contributed by atoms with E-state index < -0.39 is 5.41 Å². The van der Waals surface area contributed by atoms with Crippen molar-refractivity contribution in [2.24, 2.45) is 10.8 Å². The van der Waals surface area contributed by atoms with E-state index in [1.807, 2.05) is 6.92 Å². The highest BCUT2D eigenvalue weighted by Crippen LogP contribution is 2.43. The zero-order chi connectivity index (χ0) is 9.41. The van der Waals surface area contributed by atoms with Crippen LogP contribution in [0.4, 0.5) is 0 Å².